The van der Waals surface area contributed by atoms with Gasteiger partial charge in [-0.05, 0) is 7.05 Å². The summed E-state index contributed by atoms with van der Waals surface area (Å²) in [7, 11) is 5.80. The van der Waals surface area contributed by atoms with Crippen molar-refractivity contribution in [1.82, 2.24) is 14.9 Å². The molecule has 1 heterocycles. The molecule has 0 fully saturated rings. The molecule has 15 heavy (non-hydrogen) atoms. The normalized spacial score (nSPS) is 10.1. The highest BCUT2D eigenvalue weighted by atomic mass is 15.2. The van der Waals surface area contributed by atoms with Gasteiger partial charge in [-0.1, -0.05) is 5.92 Å². The van der Waals surface area contributed by atoms with Crippen LogP contribution in [-0.4, -0.2) is 42.6 Å². The molecule has 0 saturated heterocycles. The van der Waals surface area contributed by atoms with Crippen molar-refractivity contribution in [2.75, 3.05) is 32.6 Å². The molecule has 0 N–H and O–H groups in total. The standard InChI is InChI=1S/C11H16N4/c1-5-6-15(4)9-10-7-12-11(13-8-10)14(2)3/h1,7-8H,6,9H2,2-4H3. The zero-order valence-electron chi connectivity index (χ0n) is 9.44. The number of anilines is 1. The zero-order valence-corrected chi connectivity index (χ0v) is 9.44. The van der Waals surface area contributed by atoms with Crippen molar-refractivity contribution in [3.8, 4) is 12.3 Å². The molecule has 80 valence electrons. The van der Waals surface area contributed by atoms with Gasteiger partial charge in [0.1, 0.15) is 0 Å². The van der Waals surface area contributed by atoms with E-state index in [1.54, 1.807) is 0 Å². The summed E-state index contributed by atoms with van der Waals surface area (Å²) < 4.78 is 0. The third-order valence-corrected chi connectivity index (χ3v) is 1.91. The summed E-state index contributed by atoms with van der Waals surface area (Å²) in [5.74, 6) is 3.31. The summed E-state index contributed by atoms with van der Waals surface area (Å²) in [5.41, 5.74) is 1.07. The Morgan fingerprint density at radius 2 is 1.87 bits per heavy atom. The van der Waals surface area contributed by atoms with Crippen LogP contribution in [0, 0.1) is 12.3 Å². The van der Waals surface area contributed by atoms with Crippen LogP contribution in [0.5, 0.6) is 0 Å². The first kappa shape index (κ1) is 11.5. The Hall–Kier alpha value is -1.60. The van der Waals surface area contributed by atoms with Gasteiger partial charge in [0.25, 0.3) is 0 Å². The van der Waals surface area contributed by atoms with E-state index in [1.807, 2.05) is 43.3 Å². The summed E-state index contributed by atoms with van der Waals surface area (Å²) in [6.07, 6.45) is 8.87. The molecule has 1 rings (SSSR count). The fourth-order valence-electron chi connectivity index (χ4n) is 1.18. The Labute approximate surface area is 90.9 Å². The van der Waals surface area contributed by atoms with Crippen LogP contribution in [0.2, 0.25) is 0 Å². The van der Waals surface area contributed by atoms with Gasteiger partial charge in [0.2, 0.25) is 5.95 Å². The minimum Gasteiger partial charge on any atom is -0.347 e. The number of aromatic nitrogens is 2. The second-order valence-electron chi connectivity index (χ2n) is 3.66. The van der Waals surface area contributed by atoms with Gasteiger partial charge in [0.05, 0.1) is 6.54 Å². The summed E-state index contributed by atoms with van der Waals surface area (Å²) in [6.45, 7) is 1.41. The van der Waals surface area contributed by atoms with Gasteiger partial charge in [-0.2, -0.15) is 0 Å². The molecule has 0 radical (unpaired) electrons. The lowest BCUT2D eigenvalue weighted by Gasteiger charge is -2.14. The first-order chi connectivity index (χ1) is 7.13. The number of hydrogen-bond donors (Lipinski definition) is 0. The Kier molecular flexibility index (Phi) is 4.07. The van der Waals surface area contributed by atoms with Gasteiger partial charge in [-0.25, -0.2) is 9.97 Å². The molecule has 0 unspecified atom stereocenters. The van der Waals surface area contributed by atoms with Crippen molar-refractivity contribution in [1.29, 1.82) is 0 Å². The molecule has 4 heteroatoms. The molecule has 0 saturated carbocycles. The Bertz CT molecular complexity index is 337. The van der Waals surface area contributed by atoms with Crippen LogP contribution in [0.25, 0.3) is 0 Å². The highest BCUT2D eigenvalue weighted by Crippen LogP contribution is 2.04. The van der Waals surface area contributed by atoms with Crippen molar-refractivity contribution >= 4 is 5.95 Å². The van der Waals surface area contributed by atoms with Crippen LogP contribution in [0.3, 0.4) is 0 Å². The maximum absolute atomic E-state index is 5.22. The quantitative estimate of drug-likeness (QED) is 0.673. The molecule has 0 aliphatic heterocycles. The first-order valence-corrected chi connectivity index (χ1v) is 4.73. The Morgan fingerprint density at radius 1 is 1.27 bits per heavy atom. The molecule has 1 aromatic heterocycles. The van der Waals surface area contributed by atoms with Crippen LogP contribution >= 0.6 is 0 Å². The molecule has 0 amide bonds. The topological polar surface area (TPSA) is 32.3 Å². The summed E-state index contributed by atoms with van der Waals surface area (Å²) in [4.78, 5) is 12.4. The number of rotatable bonds is 4. The second kappa shape index (κ2) is 5.32. The van der Waals surface area contributed by atoms with E-state index in [2.05, 4.69) is 15.9 Å². The fourth-order valence-corrected chi connectivity index (χ4v) is 1.18. The average Bonchev–Trinajstić information content (AvgIpc) is 2.18. The SMILES string of the molecule is C#CCN(C)Cc1cnc(N(C)C)nc1. The minimum atomic E-state index is 0.634. The van der Waals surface area contributed by atoms with Crippen molar-refractivity contribution < 1.29 is 0 Å². The molecule has 0 spiro atoms. The van der Waals surface area contributed by atoms with Gasteiger partial charge < -0.3 is 4.90 Å². The van der Waals surface area contributed by atoms with Gasteiger partial charge in [0, 0.05) is 38.6 Å². The van der Waals surface area contributed by atoms with Gasteiger partial charge in [-0.15, -0.1) is 6.42 Å². The maximum Gasteiger partial charge on any atom is 0.224 e. The van der Waals surface area contributed by atoms with E-state index < -0.39 is 0 Å². The van der Waals surface area contributed by atoms with E-state index >= 15 is 0 Å². The third-order valence-electron chi connectivity index (χ3n) is 1.91. The first-order valence-electron chi connectivity index (χ1n) is 4.73. The lowest BCUT2D eigenvalue weighted by atomic mass is 10.3. The number of hydrogen-bond acceptors (Lipinski definition) is 4. The van der Waals surface area contributed by atoms with Gasteiger partial charge in [0.15, 0.2) is 0 Å². The minimum absolute atomic E-state index is 0.634. The Balaban J connectivity index is 2.61. The van der Waals surface area contributed by atoms with Crippen LogP contribution in [0.1, 0.15) is 5.56 Å². The van der Waals surface area contributed by atoms with Crippen molar-refractivity contribution in [2.45, 2.75) is 6.54 Å². The predicted molar refractivity (Wildman–Crippen MR) is 61.5 cm³/mol. The van der Waals surface area contributed by atoms with Gasteiger partial charge in [-0.3, -0.25) is 4.90 Å². The highest BCUT2D eigenvalue weighted by Gasteiger charge is 2.01. The Morgan fingerprint density at radius 3 is 2.33 bits per heavy atom. The van der Waals surface area contributed by atoms with Crippen LogP contribution in [-0.2, 0) is 6.54 Å². The van der Waals surface area contributed by atoms with Crippen LogP contribution in [0.15, 0.2) is 12.4 Å². The number of nitrogens with zero attached hydrogens (tertiary/aromatic N) is 4. The van der Waals surface area contributed by atoms with E-state index in [1.165, 1.54) is 0 Å². The van der Waals surface area contributed by atoms with Gasteiger partial charge >= 0.3 is 0 Å². The van der Waals surface area contributed by atoms with Crippen molar-refractivity contribution in [2.24, 2.45) is 0 Å². The fraction of sp³-hybridized carbons (Fsp3) is 0.455. The highest BCUT2D eigenvalue weighted by molar-refractivity contribution is 5.26. The van der Waals surface area contributed by atoms with Crippen molar-refractivity contribution in [3.05, 3.63) is 18.0 Å². The predicted octanol–water partition coefficient (Wildman–Crippen LogP) is 0.608. The third kappa shape index (κ3) is 3.56. The summed E-state index contributed by atoms with van der Waals surface area (Å²) in [6, 6.07) is 0. The molecule has 0 aromatic carbocycles. The molecule has 0 aliphatic rings. The molecular weight excluding hydrogens is 188 g/mol. The monoisotopic (exact) mass is 204 g/mol. The molecule has 0 atom stereocenters. The molecule has 0 bridgehead atoms. The second-order valence-corrected chi connectivity index (χ2v) is 3.66. The van der Waals surface area contributed by atoms with E-state index in [0.29, 0.717) is 6.54 Å². The zero-order chi connectivity index (χ0) is 11.3. The summed E-state index contributed by atoms with van der Waals surface area (Å²) in [5, 5.41) is 0. The summed E-state index contributed by atoms with van der Waals surface area (Å²) >= 11 is 0. The van der Waals surface area contributed by atoms with E-state index in [4.69, 9.17) is 6.42 Å². The lowest BCUT2D eigenvalue weighted by Crippen LogP contribution is -2.18. The molecule has 4 nitrogen and oxygen atoms in total. The van der Waals surface area contributed by atoms with Crippen LogP contribution < -0.4 is 4.90 Å². The van der Waals surface area contributed by atoms with Crippen molar-refractivity contribution in [3.63, 3.8) is 0 Å². The molecule has 0 aliphatic carbocycles. The lowest BCUT2D eigenvalue weighted by molar-refractivity contribution is 0.368. The molecule has 1 aromatic rings. The van der Waals surface area contributed by atoms with E-state index in [0.717, 1.165) is 18.1 Å². The van der Waals surface area contributed by atoms with Crippen LogP contribution in [0.4, 0.5) is 5.95 Å². The maximum atomic E-state index is 5.22. The molecular formula is C11H16N4. The smallest absolute Gasteiger partial charge is 0.224 e. The van der Waals surface area contributed by atoms with E-state index in [-0.39, 0.29) is 0 Å². The average molecular weight is 204 g/mol. The largest absolute Gasteiger partial charge is 0.347 e. The number of terminal acetylenes is 1. The van der Waals surface area contributed by atoms with E-state index in [9.17, 15) is 0 Å².